The van der Waals surface area contributed by atoms with Gasteiger partial charge in [-0.05, 0) is 50.8 Å². The highest BCUT2D eigenvalue weighted by atomic mass is 16.5. The first kappa shape index (κ1) is 17.5. The number of oxazole rings is 1. The SMILES string of the molecule is Cc1cccc(O[C@@H]2CCC[C@H](CNC(=O)c3ncoc3C)[C@H]2O)c1. The van der Waals surface area contributed by atoms with E-state index in [2.05, 4.69) is 10.3 Å². The van der Waals surface area contributed by atoms with Crippen molar-refractivity contribution in [3.05, 3.63) is 47.7 Å². The molecule has 6 heteroatoms. The van der Waals surface area contributed by atoms with Gasteiger partial charge in [-0.2, -0.15) is 0 Å². The Labute approximate surface area is 147 Å². The summed E-state index contributed by atoms with van der Waals surface area (Å²) < 4.78 is 11.0. The van der Waals surface area contributed by atoms with Gasteiger partial charge in [0.05, 0.1) is 6.10 Å². The molecule has 3 rings (SSSR count). The number of aryl methyl sites for hydroxylation is 2. The molecule has 6 nitrogen and oxygen atoms in total. The summed E-state index contributed by atoms with van der Waals surface area (Å²) in [6.07, 6.45) is 3.00. The highest BCUT2D eigenvalue weighted by molar-refractivity contribution is 5.93. The van der Waals surface area contributed by atoms with Crippen LogP contribution in [0.3, 0.4) is 0 Å². The lowest BCUT2D eigenvalue weighted by atomic mass is 9.84. The van der Waals surface area contributed by atoms with Crippen LogP contribution in [0.25, 0.3) is 0 Å². The Bertz CT molecular complexity index is 728. The minimum Gasteiger partial charge on any atom is -0.488 e. The average molecular weight is 344 g/mol. The van der Waals surface area contributed by atoms with E-state index in [9.17, 15) is 9.90 Å². The van der Waals surface area contributed by atoms with Gasteiger partial charge in [0.25, 0.3) is 5.91 Å². The van der Waals surface area contributed by atoms with Gasteiger partial charge >= 0.3 is 0 Å². The fourth-order valence-corrected chi connectivity index (χ4v) is 3.27. The molecule has 25 heavy (non-hydrogen) atoms. The van der Waals surface area contributed by atoms with E-state index >= 15 is 0 Å². The van der Waals surface area contributed by atoms with Crippen molar-refractivity contribution in [2.75, 3.05) is 6.54 Å². The topological polar surface area (TPSA) is 84.6 Å². The van der Waals surface area contributed by atoms with E-state index in [1.54, 1.807) is 6.92 Å². The van der Waals surface area contributed by atoms with E-state index < -0.39 is 6.10 Å². The molecular weight excluding hydrogens is 320 g/mol. The Morgan fingerprint density at radius 3 is 2.96 bits per heavy atom. The number of benzene rings is 1. The van der Waals surface area contributed by atoms with Gasteiger partial charge in [-0.15, -0.1) is 0 Å². The van der Waals surface area contributed by atoms with Crippen molar-refractivity contribution in [3.8, 4) is 5.75 Å². The lowest BCUT2D eigenvalue weighted by Gasteiger charge is -2.35. The zero-order valence-corrected chi connectivity index (χ0v) is 14.6. The van der Waals surface area contributed by atoms with Crippen LogP contribution in [0.2, 0.25) is 0 Å². The average Bonchev–Trinajstić information content (AvgIpc) is 3.01. The third kappa shape index (κ3) is 4.20. The molecule has 1 fully saturated rings. The maximum Gasteiger partial charge on any atom is 0.273 e. The van der Waals surface area contributed by atoms with Crippen LogP contribution in [-0.4, -0.2) is 34.8 Å². The van der Waals surface area contributed by atoms with Crippen LogP contribution >= 0.6 is 0 Å². The number of ether oxygens (including phenoxy) is 1. The Morgan fingerprint density at radius 2 is 2.24 bits per heavy atom. The second-order valence-corrected chi connectivity index (χ2v) is 6.62. The van der Waals surface area contributed by atoms with Crippen molar-refractivity contribution in [1.29, 1.82) is 0 Å². The monoisotopic (exact) mass is 344 g/mol. The van der Waals surface area contributed by atoms with E-state index in [0.717, 1.165) is 30.6 Å². The summed E-state index contributed by atoms with van der Waals surface area (Å²) in [5.74, 6) is 0.939. The number of aliphatic hydroxyl groups excluding tert-OH is 1. The van der Waals surface area contributed by atoms with Crippen LogP contribution in [0.4, 0.5) is 0 Å². The molecule has 1 aliphatic carbocycles. The summed E-state index contributed by atoms with van der Waals surface area (Å²) in [6.45, 7) is 4.09. The van der Waals surface area contributed by atoms with Gasteiger partial charge in [-0.1, -0.05) is 12.1 Å². The van der Waals surface area contributed by atoms with Crippen LogP contribution < -0.4 is 10.1 Å². The van der Waals surface area contributed by atoms with Crippen molar-refractivity contribution in [3.63, 3.8) is 0 Å². The molecule has 134 valence electrons. The molecule has 0 unspecified atom stereocenters. The molecular formula is C19H24N2O4. The van der Waals surface area contributed by atoms with Gasteiger partial charge in [0.1, 0.15) is 17.6 Å². The third-order valence-corrected chi connectivity index (χ3v) is 4.69. The van der Waals surface area contributed by atoms with Crippen molar-refractivity contribution in [1.82, 2.24) is 10.3 Å². The van der Waals surface area contributed by atoms with Gasteiger partial charge in [-0.25, -0.2) is 4.98 Å². The molecule has 1 aromatic carbocycles. The molecule has 0 aliphatic heterocycles. The predicted molar refractivity (Wildman–Crippen MR) is 92.5 cm³/mol. The minimum atomic E-state index is -0.618. The number of hydrogen-bond acceptors (Lipinski definition) is 5. The van der Waals surface area contributed by atoms with Crippen LogP contribution in [0, 0.1) is 19.8 Å². The first-order valence-electron chi connectivity index (χ1n) is 8.64. The van der Waals surface area contributed by atoms with Crippen LogP contribution in [0.5, 0.6) is 5.75 Å². The molecule has 1 aromatic heterocycles. The van der Waals surface area contributed by atoms with Gasteiger partial charge in [0.15, 0.2) is 12.1 Å². The number of nitrogens with zero attached hydrogens (tertiary/aromatic N) is 1. The standard InChI is InChI=1S/C19H24N2O4/c1-12-5-3-7-15(9-12)25-16-8-4-6-14(18(16)22)10-20-19(23)17-13(2)24-11-21-17/h3,5,7,9,11,14,16,18,22H,4,6,8,10H2,1-2H3,(H,20,23)/t14-,16-,18-/m1/s1. The molecule has 0 spiro atoms. The number of aliphatic hydroxyl groups is 1. The quantitative estimate of drug-likeness (QED) is 0.871. The lowest BCUT2D eigenvalue weighted by Crippen LogP contribution is -2.46. The van der Waals surface area contributed by atoms with E-state index in [4.69, 9.17) is 9.15 Å². The van der Waals surface area contributed by atoms with Gasteiger partial charge in [-0.3, -0.25) is 4.79 Å². The second kappa shape index (κ2) is 7.70. The fourth-order valence-electron chi connectivity index (χ4n) is 3.27. The van der Waals surface area contributed by atoms with Gasteiger partial charge in [0, 0.05) is 12.5 Å². The van der Waals surface area contributed by atoms with Gasteiger partial charge in [0.2, 0.25) is 0 Å². The molecule has 1 saturated carbocycles. The Morgan fingerprint density at radius 1 is 1.40 bits per heavy atom. The predicted octanol–water partition coefficient (Wildman–Crippen LogP) is 2.63. The number of rotatable bonds is 5. The van der Waals surface area contributed by atoms with E-state index in [1.807, 2.05) is 31.2 Å². The molecule has 2 aromatic rings. The maximum atomic E-state index is 12.1. The summed E-state index contributed by atoms with van der Waals surface area (Å²) in [4.78, 5) is 16.1. The largest absolute Gasteiger partial charge is 0.488 e. The number of aromatic nitrogens is 1. The molecule has 1 heterocycles. The molecule has 3 atom stereocenters. The smallest absolute Gasteiger partial charge is 0.273 e. The minimum absolute atomic E-state index is 0.0419. The Kier molecular flexibility index (Phi) is 5.38. The Hall–Kier alpha value is -2.34. The third-order valence-electron chi connectivity index (χ3n) is 4.69. The maximum absolute atomic E-state index is 12.1. The fraction of sp³-hybridized carbons (Fsp3) is 0.474. The summed E-state index contributed by atoms with van der Waals surface area (Å²) >= 11 is 0. The number of nitrogens with one attached hydrogen (secondary N) is 1. The lowest BCUT2D eigenvalue weighted by molar-refractivity contribution is -0.0301. The molecule has 0 radical (unpaired) electrons. The highest BCUT2D eigenvalue weighted by Gasteiger charge is 2.33. The zero-order valence-electron chi connectivity index (χ0n) is 14.6. The molecule has 1 aliphatic rings. The number of carbonyl (C=O) groups excluding carboxylic acids is 1. The normalized spacial score (nSPS) is 23.2. The van der Waals surface area contributed by atoms with Crippen molar-refractivity contribution >= 4 is 5.91 Å². The number of hydrogen-bond donors (Lipinski definition) is 2. The van der Waals surface area contributed by atoms with Crippen LogP contribution in [-0.2, 0) is 0 Å². The Balaban J connectivity index is 1.57. The van der Waals surface area contributed by atoms with Crippen LogP contribution in [0.15, 0.2) is 35.1 Å². The first-order chi connectivity index (χ1) is 12.0. The van der Waals surface area contributed by atoms with E-state index in [1.165, 1.54) is 6.39 Å². The van der Waals surface area contributed by atoms with Gasteiger partial charge < -0.3 is 19.6 Å². The molecule has 2 N–H and O–H groups in total. The van der Waals surface area contributed by atoms with E-state index in [0.29, 0.717) is 12.3 Å². The molecule has 0 bridgehead atoms. The van der Waals surface area contributed by atoms with Crippen LogP contribution in [0.1, 0.15) is 41.1 Å². The first-order valence-corrected chi connectivity index (χ1v) is 8.64. The molecule has 1 amide bonds. The zero-order chi connectivity index (χ0) is 17.8. The van der Waals surface area contributed by atoms with Crippen molar-refractivity contribution in [2.24, 2.45) is 5.92 Å². The highest BCUT2D eigenvalue weighted by Crippen LogP contribution is 2.28. The summed E-state index contributed by atoms with van der Waals surface area (Å²) in [6, 6.07) is 7.82. The summed E-state index contributed by atoms with van der Waals surface area (Å²) in [5, 5.41) is 13.5. The molecule has 0 saturated heterocycles. The second-order valence-electron chi connectivity index (χ2n) is 6.62. The van der Waals surface area contributed by atoms with Crippen molar-refractivity contribution in [2.45, 2.75) is 45.3 Å². The summed E-state index contributed by atoms with van der Waals surface area (Å²) in [5.41, 5.74) is 1.41. The number of amides is 1. The summed E-state index contributed by atoms with van der Waals surface area (Å²) in [7, 11) is 0. The van der Waals surface area contributed by atoms with E-state index in [-0.39, 0.29) is 23.6 Å². The number of carbonyl (C=O) groups is 1. The van der Waals surface area contributed by atoms with Crippen molar-refractivity contribution < 1.29 is 19.1 Å².